The summed E-state index contributed by atoms with van der Waals surface area (Å²) < 4.78 is 38.8. The third-order valence-electron chi connectivity index (χ3n) is 3.56. The van der Waals surface area contributed by atoms with E-state index in [1.807, 2.05) is 0 Å². The molecule has 0 aromatic carbocycles. The number of nitriles is 1. The van der Waals surface area contributed by atoms with Gasteiger partial charge in [0.15, 0.2) is 5.41 Å². The highest BCUT2D eigenvalue weighted by Gasteiger charge is 2.63. The van der Waals surface area contributed by atoms with Crippen molar-refractivity contribution in [3.63, 3.8) is 0 Å². The van der Waals surface area contributed by atoms with Crippen LogP contribution in [0.2, 0.25) is 0 Å². The number of carbonyl (C=O) groups is 2. The molecule has 130 valence electrons. The Morgan fingerprint density at radius 2 is 1.96 bits per heavy atom. The molecule has 1 atom stereocenters. The lowest BCUT2D eigenvalue weighted by atomic mass is 9.74. The zero-order valence-corrected chi connectivity index (χ0v) is 13.8. The van der Waals surface area contributed by atoms with E-state index in [2.05, 4.69) is 0 Å². The van der Waals surface area contributed by atoms with Crippen molar-refractivity contribution in [1.29, 1.82) is 5.26 Å². The van der Waals surface area contributed by atoms with E-state index in [1.54, 1.807) is 26.8 Å². The summed E-state index contributed by atoms with van der Waals surface area (Å²) in [6.07, 6.45) is -2.26. The summed E-state index contributed by atoms with van der Waals surface area (Å²) in [5.74, 6) is -4.60. The molecule has 1 fully saturated rings. The summed E-state index contributed by atoms with van der Waals surface area (Å²) in [6.45, 7) is 5.49. The second kappa shape index (κ2) is 6.69. The Hall–Kier alpha value is -1.91. The first-order valence-corrected chi connectivity index (χ1v) is 7.39. The van der Waals surface area contributed by atoms with Gasteiger partial charge in [-0.05, 0) is 27.7 Å². The van der Waals surface area contributed by atoms with Gasteiger partial charge >= 0.3 is 12.1 Å². The van der Waals surface area contributed by atoms with Gasteiger partial charge in [-0.1, -0.05) is 0 Å². The van der Waals surface area contributed by atoms with Crippen LogP contribution >= 0.6 is 0 Å². The number of carbonyl (C=O) groups excluding carboxylic acids is 2. The number of hydrogen-bond donors (Lipinski definition) is 0. The van der Waals surface area contributed by atoms with E-state index >= 15 is 0 Å². The Morgan fingerprint density at radius 3 is 2.43 bits per heavy atom. The summed E-state index contributed by atoms with van der Waals surface area (Å²) in [6, 6.07) is 1.62. The molecule has 0 aromatic rings. The normalized spacial score (nSPS) is 23.8. The fourth-order valence-corrected chi connectivity index (χ4v) is 2.39. The fourth-order valence-electron chi connectivity index (χ4n) is 2.39. The number of ether oxygens (including phenoxy) is 2. The van der Waals surface area contributed by atoms with E-state index in [0.717, 1.165) is 4.90 Å². The quantitative estimate of drug-likeness (QED) is 0.742. The number of hydrogen-bond acceptors (Lipinski definition) is 5. The Bertz CT molecular complexity index is 511. The van der Waals surface area contributed by atoms with Gasteiger partial charge in [-0.25, -0.2) is 13.6 Å². The van der Waals surface area contributed by atoms with Crippen LogP contribution in [0.1, 0.15) is 40.5 Å². The van der Waals surface area contributed by atoms with Gasteiger partial charge in [0.25, 0.3) is 5.92 Å². The maximum absolute atomic E-state index is 14.4. The van der Waals surface area contributed by atoms with Gasteiger partial charge in [-0.2, -0.15) is 5.26 Å². The molecule has 0 bridgehead atoms. The smallest absolute Gasteiger partial charge is 0.410 e. The van der Waals surface area contributed by atoms with Crippen LogP contribution in [0.15, 0.2) is 0 Å². The van der Waals surface area contributed by atoms with Crippen LogP contribution in [0, 0.1) is 16.7 Å². The molecule has 0 aliphatic carbocycles. The van der Waals surface area contributed by atoms with Gasteiger partial charge in [0.2, 0.25) is 0 Å². The van der Waals surface area contributed by atoms with Crippen molar-refractivity contribution in [3.8, 4) is 6.07 Å². The van der Waals surface area contributed by atoms with Crippen molar-refractivity contribution >= 4 is 12.1 Å². The molecule has 1 aliphatic heterocycles. The van der Waals surface area contributed by atoms with E-state index in [4.69, 9.17) is 14.7 Å². The number of esters is 1. The molecule has 1 heterocycles. The minimum absolute atomic E-state index is 0.0888. The van der Waals surface area contributed by atoms with Gasteiger partial charge < -0.3 is 14.4 Å². The minimum Gasteiger partial charge on any atom is -0.465 e. The lowest BCUT2D eigenvalue weighted by molar-refractivity contribution is -0.199. The highest BCUT2D eigenvalue weighted by atomic mass is 19.3. The Morgan fingerprint density at radius 1 is 1.35 bits per heavy atom. The number of nitrogens with zero attached hydrogens (tertiary/aromatic N) is 2. The molecule has 0 radical (unpaired) electrons. The van der Waals surface area contributed by atoms with Crippen LogP contribution in [0.5, 0.6) is 0 Å². The molecule has 1 rings (SSSR count). The second-order valence-electron chi connectivity index (χ2n) is 6.49. The van der Waals surface area contributed by atoms with E-state index in [9.17, 15) is 18.4 Å². The zero-order chi connectivity index (χ0) is 17.9. The van der Waals surface area contributed by atoms with E-state index in [0.29, 0.717) is 0 Å². The molecule has 0 saturated carbocycles. The van der Waals surface area contributed by atoms with Crippen LogP contribution < -0.4 is 0 Å². The number of alkyl halides is 2. The van der Waals surface area contributed by atoms with Crippen molar-refractivity contribution < 1.29 is 27.8 Å². The number of likely N-dealkylation sites (tertiary alicyclic amines) is 1. The maximum Gasteiger partial charge on any atom is 0.410 e. The van der Waals surface area contributed by atoms with Crippen molar-refractivity contribution in [3.05, 3.63) is 0 Å². The van der Waals surface area contributed by atoms with Crippen molar-refractivity contribution in [2.75, 3.05) is 19.7 Å². The number of halogens is 2. The largest absolute Gasteiger partial charge is 0.465 e. The minimum atomic E-state index is -3.44. The molecule has 0 aromatic heterocycles. The SMILES string of the molecule is CCOC(=O)[C@@]1(CC#N)CN(C(=O)OC(C)(C)C)CCC1(F)F. The molecular weight excluding hydrogens is 310 g/mol. The molecule has 1 aliphatic rings. The van der Waals surface area contributed by atoms with E-state index in [-0.39, 0.29) is 13.2 Å². The molecule has 0 spiro atoms. The third-order valence-corrected chi connectivity index (χ3v) is 3.56. The molecular formula is C15H22F2N2O4. The summed E-state index contributed by atoms with van der Waals surface area (Å²) in [7, 11) is 0. The van der Waals surface area contributed by atoms with Crippen molar-refractivity contribution in [2.45, 2.75) is 52.1 Å². The van der Waals surface area contributed by atoms with Gasteiger partial charge in [0.05, 0.1) is 19.1 Å². The van der Waals surface area contributed by atoms with Gasteiger partial charge in [-0.15, -0.1) is 0 Å². The number of piperidine rings is 1. The predicted molar refractivity (Wildman–Crippen MR) is 76.7 cm³/mol. The molecule has 0 N–H and O–H groups in total. The van der Waals surface area contributed by atoms with Crippen molar-refractivity contribution in [2.24, 2.45) is 5.41 Å². The average Bonchev–Trinajstić information content (AvgIpc) is 2.39. The second-order valence-corrected chi connectivity index (χ2v) is 6.49. The first kappa shape index (κ1) is 19.1. The predicted octanol–water partition coefficient (Wildman–Crippen LogP) is 2.73. The van der Waals surface area contributed by atoms with E-state index < -0.39 is 48.4 Å². The Balaban J connectivity index is 3.12. The Kier molecular flexibility index (Phi) is 5.56. The fraction of sp³-hybridized carbons (Fsp3) is 0.800. The standard InChI is InChI=1S/C15H22F2N2O4/c1-5-22-11(20)14(6-8-18)10-19(9-7-15(14,16)17)12(21)23-13(2,3)4/h5-7,9-10H2,1-4H3/t14-/m1/s1. The highest BCUT2D eigenvalue weighted by molar-refractivity contribution is 5.80. The average molecular weight is 332 g/mol. The number of amides is 1. The van der Waals surface area contributed by atoms with Gasteiger partial charge in [-0.3, -0.25) is 4.79 Å². The summed E-state index contributed by atoms with van der Waals surface area (Å²) in [4.78, 5) is 25.3. The summed E-state index contributed by atoms with van der Waals surface area (Å²) in [5, 5.41) is 8.92. The lowest BCUT2D eigenvalue weighted by Gasteiger charge is -2.44. The van der Waals surface area contributed by atoms with E-state index in [1.165, 1.54) is 6.92 Å². The summed E-state index contributed by atoms with van der Waals surface area (Å²) in [5.41, 5.74) is -3.16. The zero-order valence-electron chi connectivity index (χ0n) is 13.8. The number of rotatable bonds is 3. The van der Waals surface area contributed by atoms with Crippen LogP contribution in [-0.4, -0.2) is 48.2 Å². The first-order chi connectivity index (χ1) is 10.5. The first-order valence-electron chi connectivity index (χ1n) is 7.39. The monoisotopic (exact) mass is 332 g/mol. The molecule has 8 heteroatoms. The van der Waals surface area contributed by atoms with Crippen LogP contribution in [0.4, 0.5) is 13.6 Å². The molecule has 1 amide bonds. The van der Waals surface area contributed by atoms with Crippen LogP contribution in [0.3, 0.4) is 0 Å². The van der Waals surface area contributed by atoms with Gasteiger partial charge in [0, 0.05) is 19.5 Å². The third kappa shape index (κ3) is 4.09. The van der Waals surface area contributed by atoms with Gasteiger partial charge in [0.1, 0.15) is 5.60 Å². The van der Waals surface area contributed by atoms with Crippen LogP contribution in [-0.2, 0) is 14.3 Å². The van der Waals surface area contributed by atoms with Crippen LogP contribution in [0.25, 0.3) is 0 Å². The molecule has 0 unspecified atom stereocenters. The maximum atomic E-state index is 14.4. The molecule has 23 heavy (non-hydrogen) atoms. The lowest BCUT2D eigenvalue weighted by Crippen LogP contribution is -2.61. The topological polar surface area (TPSA) is 79.6 Å². The Labute approximate surface area is 134 Å². The molecule has 1 saturated heterocycles. The molecule has 6 nitrogen and oxygen atoms in total. The highest BCUT2D eigenvalue weighted by Crippen LogP contribution is 2.47. The summed E-state index contributed by atoms with van der Waals surface area (Å²) >= 11 is 0. The van der Waals surface area contributed by atoms with Crippen molar-refractivity contribution in [1.82, 2.24) is 4.90 Å².